The first-order valence-corrected chi connectivity index (χ1v) is 11.2. The molecule has 0 aliphatic carbocycles. The van der Waals surface area contributed by atoms with Crippen LogP contribution in [0.4, 0.5) is 0 Å². The van der Waals surface area contributed by atoms with E-state index in [-0.39, 0.29) is 47.6 Å². The number of hydrogen-bond donors (Lipinski definition) is 1. The second-order valence-electron chi connectivity index (χ2n) is 6.71. The number of unbranched alkanes of at least 4 members (excludes halogenated alkanes) is 10. The van der Waals surface area contributed by atoms with Crippen molar-refractivity contribution >= 4 is 16.1 Å². The smallest absolute Gasteiger partial charge is 1.00 e. The fraction of sp³-hybridized carbons (Fsp3) is 0.650. The molecule has 0 unspecified atom stereocenters. The van der Waals surface area contributed by atoms with Crippen molar-refractivity contribution < 1.29 is 53.5 Å². The van der Waals surface area contributed by atoms with Gasteiger partial charge in [-0.1, -0.05) is 71.1 Å². The predicted octanol–water partition coefficient (Wildman–Crippen LogP) is 2.66. The number of esters is 1. The van der Waals surface area contributed by atoms with Gasteiger partial charge < -0.3 is 6.16 Å². The van der Waals surface area contributed by atoms with E-state index in [1.54, 1.807) is 0 Å². The molecule has 0 heterocycles. The van der Waals surface area contributed by atoms with Crippen LogP contribution in [0.15, 0.2) is 29.2 Å². The zero-order valence-electron chi connectivity index (χ0n) is 17.8. The Morgan fingerprint density at radius 3 is 1.78 bits per heavy atom. The summed E-state index contributed by atoms with van der Waals surface area (Å²) in [6, 6.07) is 5.14. The van der Waals surface area contributed by atoms with Crippen LogP contribution in [0.3, 0.4) is 0 Å². The first-order valence-electron chi connectivity index (χ1n) is 9.71. The summed E-state index contributed by atoms with van der Waals surface area (Å²) in [4.78, 5) is 11.5. The summed E-state index contributed by atoms with van der Waals surface area (Å²) in [6.07, 6.45) is 13.8. The molecule has 0 aromatic heterocycles. The molecule has 0 aliphatic rings. The van der Waals surface area contributed by atoms with E-state index in [9.17, 15) is 13.2 Å². The van der Waals surface area contributed by atoms with Gasteiger partial charge in [0.05, 0.1) is 4.90 Å². The van der Waals surface area contributed by atoms with Gasteiger partial charge in [0, 0.05) is 6.42 Å². The molecule has 0 saturated carbocycles. The summed E-state index contributed by atoms with van der Waals surface area (Å²) in [6.45, 7) is 2.23. The van der Waals surface area contributed by atoms with Gasteiger partial charge in [-0.05, 0) is 30.7 Å². The van der Waals surface area contributed by atoms with Crippen molar-refractivity contribution in [3.8, 4) is 5.75 Å². The van der Waals surface area contributed by atoms with E-state index < -0.39 is 10.1 Å². The van der Waals surface area contributed by atoms with Crippen LogP contribution < -0.4 is 34.3 Å². The van der Waals surface area contributed by atoms with E-state index in [2.05, 4.69) is 6.92 Å². The molecule has 0 spiro atoms. The van der Waals surface area contributed by atoms with Crippen LogP contribution in [0.25, 0.3) is 0 Å². The van der Waals surface area contributed by atoms with E-state index in [0.29, 0.717) is 6.42 Å². The van der Waals surface area contributed by atoms with Crippen LogP contribution in [0, 0.1) is 0 Å². The minimum atomic E-state index is -4.22. The van der Waals surface area contributed by atoms with E-state index in [1.807, 2.05) is 0 Å². The van der Waals surface area contributed by atoms with Crippen LogP contribution in [-0.2, 0) is 14.9 Å². The molecule has 0 radical (unpaired) electrons. The van der Waals surface area contributed by atoms with Gasteiger partial charge in [-0.2, -0.15) is 8.42 Å². The molecule has 0 atom stereocenters. The van der Waals surface area contributed by atoms with Crippen molar-refractivity contribution in [1.82, 2.24) is 0 Å². The summed E-state index contributed by atoms with van der Waals surface area (Å²) in [5, 5.41) is 0. The standard InChI is InChI=1S/C20H32O5S.Na.H/c1-2-3-4-5-6-7-8-9-10-11-12-13-20(21)25-18-14-16-19(17-15-18)26(22,23)24;;/h14-17H,2-13H2,1H3,(H,22,23,24);;/q;+1;-1. The Hall–Kier alpha value is -0.400. The maximum Gasteiger partial charge on any atom is 1.00 e. The molecule has 150 valence electrons. The third kappa shape index (κ3) is 13.4. The summed E-state index contributed by atoms with van der Waals surface area (Å²) in [5.41, 5.74) is 0. The molecule has 1 aromatic rings. The van der Waals surface area contributed by atoms with Crippen LogP contribution in [-0.4, -0.2) is 18.9 Å². The minimum absolute atomic E-state index is 0. The van der Waals surface area contributed by atoms with Gasteiger partial charge >= 0.3 is 35.5 Å². The SMILES string of the molecule is CCCCCCCCCCCCCC(=O)Oc1ccc(S(=O)(=O)O)cc1.[H-].[Na+]. The largest absolute Gasteiger partial charge is 1.00 e. The van der Waals surface area contributed by atoms with Crippen molar-refractivity contribution in [3.63, 3.8) is 0 Å². The molecule has 7 heteroatoms. The van der Waals surface area contributed by atoms with Crippen molar-refractivity contribution in [3.05, 3.63) is 24.3 Å². The van der Waals surface area contributed by atoms with Crippen LogP contribution in [0.2, 0.25) is 0 Å². The Balaban J connectivity index is 0. The Kier molecular flexibility index (Phi) is 15.3. The molecular formula is C20H33NaO5S. The molecule has 5 nitrogen and oxygen atoms in total. The molecular weight excluding hydrogens is 375 g/mol. The van der Waals surface area contributed by atoms with Crippen LogP contribution >= 0.6 is 0 Å². The molecule has 0 amide bonds. The van der Waals surface area contributed by atoms with Crippen LogP contribution in [0.1, 0.15) is 85.4 Å². The molecule has 27 heavy (non-hydrogen) atoms. The van der Waals surface area contributed by atoms with Gasteiger partial charge in [-0.25, -0.2) is 0 Å². The number of carbonyl (C=O) groups is 1. The van der Waals surface area contributed by atoms with E-state index in [1.165, 1.54) is 75.6 Å². The van der Waals surface area contributed by atoms with Crippen molar-refractivity contribution in [1.29, 1.82) is 0 Å². The van der Waals surface area contributed by atoms with Gasteiger partial charge in [0.2, 0.25) is 0 Å². The van der Waals surface area contributed by atoms with Gasteiger partial charge in [0.1, 0.15) is 5.75 Å². The van der Waals surface area contributed by atoms with Crippen molar-refractivity contribution in [2.45, 2.75) is 88.9 Å². The fourth-order valence-electron chi connectivity index (χ4n) is 2.80. The van der Waals surface area contributed by atoms with E-state index in [4.69, 9.17) is 9.29 Å². The second kappa shape index (κ2) is 15.5. The first kappa shape index (κ1) is 26.6. The maximum absolute atomic E-state index is 11.8. The Labute approximate surface area is 187 Å². The Morgan fingerprint density at radius 2 is 1.33 bits per heavy atom. The Bertz CT molecular complexity index is 620. The van der Waals surface area contributed by atoms with Crippen molar-refractivity contribution in [2.24, 2.45) is 0 Å². The molecule has 1 rings (SSSR count). The van der Waals surface area contributed by atoms with Gasteiger partial charge in [0.25, 0.3) is 10.1 Å². The number of hydrogen-bond acceptors (Lipinski definition) is 4. The minimum Gasteiger partial charge on any atom is -1.00 e. The quantitative estimate of drug-likeness (QED) is 0.168. The predicted molar refractivity (Wildman–Crippen MR) is 104 cm³/mol. The zero-order chi connectivity index (χ0) is 19.3. The van der Waals surface area contributed by atoms with E-state index >= 15 is 0 Å². The van der Waals surface area contributed by atoms with Gasteiger partial charge in [-0.3, -0.25) is 9.35 Å². The number of benzene rings is 1. The summed E-state index contributed by atoms with van der Waals surface area (Å²) >= 11 is 0. The summed E-state index contributed by atoms with van der Waals surface area (Å²) in [7, 11) is -4.22. The zero-order valence-corrected chi connectivity index (χ0v) is 19.6. The third-order valence-electron chi connectivity index (χ3n) is 4.34. The van der Waals surface area contributed by atoms with E-state index in [0.717, 1.165) is 19.3 Å². The monoisotopic (exact) mass is 408 g/mol. The molecule has 0 aliphatic heterocycles. The first-order chi connectivity index (χ1) is 12.4. The average Bonchev–Trinajstić information content (AvgIpc) is 2.59. The molecule has 0 fully saturated rings. The van der Waals surface area contributed by atoms with Gasteiger partial charge in [-0.15, -0.1) is 0 Å². The summed E-state index contributed by atoms with van der Waals surface area (Å²) < 4.78 is 35.9. The number of carbonyl (C=O) groups excluding carboxylic acids is 1. The van der Waals surface area contributed by atoms with Crippen molar-refractivity contribution in [2.75, 3.05) is 0 Å². The Morgan fingerprint density at radius 1 is 0.889 bits per heavy atom. The molecule has 1 aromatic carbocycles. The third-order valence-corrected chi connectivity index (χ3v) is 5.21. The molecule has 1 N–H and O–H groups in total. The summed E-state index contributed by atoms with van der Waals surface area (Å²) in [5.74, 6) is -0.0361. The number of ether oxygens (including phenoxy) is 1. The topological polar surface area (TPSA) is 80.7 Å². The molecule has 0 bridgehead atoms. The fourth-order valence-corrected chi connectivity index (χ4v) is 3.28. The average molecular weight is 409 g/mol. The molecule has 0 saturated heterocycles. The second-order valence-corrected chi connectivity index (χ2v) is 8.13. The number of rotatable bonds is 14. The van der Waals surface area contributed by atoms with Gasteiger partial charge in [0.15, 0.2) is 0 Å². The van der Waals surface area contributed by atoms with Crippen LogP contribution in [0.5, 0.6) is 5.75 Å². The normalized spacial score (nSPS) is 11.0. The maximum atomic E-state index is 11.8.